The molecule has 5 aliphatic carbocycles. The highest BCUT2D eigenvalue weighted by Crippen LogP contribution is 2.74. The van der Waals surface area contributed by atoms with Gasteiger partial charge in [-0.1, -0.05) is 60.8 Å². The lowest BCUT2D eigenvalue weighted by Gasteiger charge is -2.70. The summed E-state index contributed by atoms with van der Waals surface area (Å²) in [7, 11) is 0. The number of carbonyl (C=O) groups is 3. The number of aliphatic hydroxyl groups is 2. The van der Waals surface area contributed by atoms with E-state index in [4.69, 9.17) is 9.47 Å². The highest BCUT2D eigenvalue weighted by atomic mass is 16.6. The molecule has 0 radical (unpaired) electrons. The molecule has 8 heteroatoms. The molecule has 11 unspecified atom stereocenters. The molecular weight excluding hydrogens is 572 g/mol. The van der Waals surface area contributed by atoms with E-state index in [2.05, 4.69) is 34.6 Å². The van der Waals surface area contributed by atoms with E-state index in [1.165, 1.54) is 6.92 Å². The van der Waals surface area contributed by atoms with Crippen molar-refractivity contribution in [2.24, 2.45) is 51.8 Å². The van der Waals surface area contributed by atoms with Gasteiger partial charge in [0.05, 0.1) is 18.1 Å². The van der Waals surface area contributed by atoms with Gasteiger partial charge in [0, 0.05) is 23.8 Å². The van der Waals surface area contributed by atoms with Crippen LogP contribution in [0.4, 0.5) is 0 Å². The highest BCUT2D eigenvalue weighted by molar-refractivity contribution is 5.88. The topological polar surface area (TPSA) is 130 Å². The molecule has 3 N–H and O–H groups in total. The van der Waals surface area contributed by atoms with Gasteiger partial charge in [0.2, 0.25) is 0 Å². The number of hydrogen-bond donors (Lipinski definition) is 3. The van der Waals surface area contributed by atoms with Crippen LogP contribution in [0.25, 0.3) is 0 Å². The average molecular weight is 631 g/mol. The molecule has 8 nitrogen and oxygen atoms in total. The summed E-state index contributed by atoms with van der Waals surface area (Å²) in [6.45, 7) is 14.2. The van der Waals surface area contributed by atoms with Gasteiger partial charge >= 0.3 is 17.9 Å². The Hall–Kier alpha value is -1.93. The summed E-state index contributed by atoms with van der Waals surface area (Å²) >= 11 is 0. The minimum atomic E-state index is -1.02. The summed E-state index contributed by atoms with van der Waals surface area (Å²) in [4.78, 5) is 38.9. The van der Waals surface area contributed by atoms with Gasteiger partial charge in [-0.05, 0) is 97.9 Å². The molecule has 0 heterocycles. The SMILES string of the molecule is CC(=O)OC1CC2(C)C(CCC3C4(C)CCC(O)C(C)C4C(OC(=O)C4CCCC4)C(O)C32C)/C1=C(\CCCC(C)C)C(=O)O. The molecule has 5 aliphatic rings. The van der Waals surface area contributed by atoms with Crippen molar-refractivity contribution in [1.29, 1.82) is 0 Å². The first-order valence-corrected chi connectivity index (χ1v) is 17.8. The van der Waals surface area contributed by atoms with E-state index in [-0.39, 0.29) is 41.0 Å². The average Bonchev–Trinajstić information content (AvgIpc) is 3.59. The van der Waals surface area contributed by atoms with Crippen LogP contribution in [0.3, 0.4) is 0 Å². The van der Waals surface area contributed by atoms with Crippen LogP contribution in [0.2, 0.25) is 0 Å². The van der Waals surface area contributed by atoms with Crippen LogP contribution in [0.5, 0.6) is 0 Å². The monoisotopic (exact) mass is 630 g/mol. The number of carboxylic acid groups (broad SMARTS) is 1. The number of esters is 2. The third kappa shape index (κ3) is 5.58. The Bertz CT molecular complexity index is 1190. The summed E-state index contributed by atoms with van der Waals surface area (Å²) < 4.78 is 12.4. The zero-order valence-electron chi connectivity index (χ0n) is 28.6. The number of hydrogen-bond acceptors (Lipinski definition) is 7. The fourth-order valence-corrected chi connectivity index (χ4v) is 11.5. The molecule has 45 heavy (non-hydrogen) atoms. The minimum Gasteiger partial charge on any atom is -0.478 e. The van der Waals surface area contributed by atoms with Crippen molar-refractivity contribution in [2.75, 3.05) is 0 Å². The van der Waals surface area contributed by atoms with E-state index >= 15 is 0 Å². The van der Waals surface area contributed by atoms with Gasteiger partial charge in [0.1, 0.15) is 12.2 Å². The van der Waals surface area contributed by atoms with E-state index in [1.54, 1.807) is 0 Å². The lowest BCUT2D eigenvalue weighted by atomic mass is 9.35. The Kier molecular flexibility index (Phi) is 9.63. The minimum absolute atomic E-state index is 0.0502. The van der Waals surface area contributed by atoms with Crippen molar-refractivity contribution in [1.82, 2.24) is 0 Å². The summed E-state index contributed by atoms with van der Waals surface area (Å²) in [5.41, 5.74) is -0.613. The molecule has 0 bridgehead atoms. The predicted molar refractivity (Wildman–Crippen MR) is 170 cm³/mol. The lowest BCUT2D eigenvalue weighted by Crippen LogP contribution is -2.72. The van der Waals surface area contributed by atoms with Crippen LogP contribution in [-0.4, -0.2) is 57.6 Å². The number of carboxylic acids is 1. The highest BCUT2D eigenvalue weighted by Gasteiger charge is 2.74. The maximum atomic E-state index is 13.6. The summed E-state index contributed by atoms with van der Waals surface area (Å²) in [6.07, 6.45) is 5.99. The van der Waals surface area contributed by atoms with E-state index in [0.717, 1.165) is 63.4 Å². The van der Waals surface area contributed by atoms with Gasteiger partial charge in [0.15, 0.2) is 0 Å². The number of ether oxygens (including phenoxy) is 2. The van der Waals surface area contributed by atoms with E-state index in [0.29, 0.717) is 30.8 Å². The molecule has 5 saturated carbocycles. The van der Waals surface area contributed by atoms with Gasteiger partial charge in [-0.15, -0.1) is 0 Å². The fraction of sp³-hybridized carbons (Fsp3) is 0.865. The standard InChI is InChI=1S/C37H58O8/c1-20(2)11-10-14-24(33(41)42)29-25-15-16-28-35(5)18-17-26(39)21(3)30(35)31(45-34(43)23-12-8-9-13-23)32(40)37(28,7)36(25,6)19-27(29)44-22(4)38/h20-21,23,25-28,30-32,39-40H,8-19H2,1-7H3,(H,41,42)/b29-24-. The molecule has 0 saturated heterocycles. The Balaban J connectivity index is 1.62. The molecule has 0 aromatic carbocycles. The maximum absolute atomic E-state index is 13.6. The third-order valence-corrected chi connectivity index (χ3v) is 13.9. The van der Waals surface area contributed by atoms with Crippen LogP contribution in [0.1, 0.15) is 126 Å². The maximum Gasteiger partial charge on any atom is 0.331 e. The molecule has 0 spiro atoms. The van der Waals surface area contributed by atoms with Crippen molar-refractivity contribution in [3.8, 4) is 0 Å². The second-order valence-corrected chi connectivity index (χ2v) is 16.5. The van der Waals surface area contributed by atoms with Crippen LogP contribution < -0.4 is 0 Å². The largest absolute Gasteiger partial charge is 0.478 e. The number of carbonyl (C=O) groups excluding carboxylic acids is 2. The van der Waals surface area contributed by atoms with Crippen molar-refractivity contribution in [2.45, 2.75) is 150 Å². The first kappa shape index (κ1) is 34.4. The van der Waals surface area contributed by atoms with E-state index in [9.17, 15) is 29.7 Å². The van der Waals surface area contributed by atoms with Gasteiger partial charge in [-0.2, -0.15) is 0 Å². The molecule has 5 rings (SSSR count). The zero-order valence-corrected chi connectivity index (χ0v) is 28.6. The molecule has 254 valence electrons. The van der Waals surface area contributed by atoms with Crippen LogP contribution in [0, 0.1) is 51.8 Å². The Labute approximate surface area is 269 Å². The Morgan fingerprint density at radius 3 is 2.24 bits per heavy atom. The van der Waals surface area contributed by atoms with Crippen LogP contribution >= 0.6 is 0 Å². The summed E-state index contributed by atoms with van der Waals surface area (Å²) in [5.74, 6) is -1.85. The molecule has 5 fully saturated rings. The number of aliphatic carboxylic acids is 1. The van der Waals surface area contributed by atoms with Crippen molar-refractivity contribution < 1.29 is 39.2 Å². The van der Waals surface area contributed by atoms with Crippen molar-refractivity contribution in [3.63, 3.8) is 0 Å². The molecule has 0 amide bonds. The predicted octanol–water partition coefficient (Wildman–Crippen LogP) is 6.46. The second kappa shape index (κ2) is 12.6. The molecule has 0 aromatic rings. The number of rotatable bonds is 8. The first-order chi connectivity index (χ1) is 21.1. The van der Waals surface area contributed by atoms with Gasteiger partial charge in [0.25, 0.3) is 0 Å². The lowest BCUT2D eigenvalue weighted by molar-refractivity contribution is -0.289. The molecule has 11 atom stereocenters. The number of fused-ring (bicyclic) bond motifs is 5. The summed E-state index contributed by atoms with van der Waals surface area (Å²) in [6, 6.07) is 0. The molecule has 0 aromatic heterocycles. The van der Waals surface area contributed by atoms with E-state index < -0.39 is 47.2 Å². The van der Waals surface area contributed by atoms with Gasteiger partial charge in [-0.25, -0.2) is 4.79 Å². The van der Waals surface area contributed by atoms with Crippen LogP contribution in [-0.2, 0) is 23.9 Å². The van der Waals surface area contributed by atoms with Crippen molar-refractivity contribution >= 4 is 17.9 Å². The Morgan fingerprint density at radius 1 is 0.978 bits per heavy atom. The molecule has 0 aliphatic heterocycles. The van der Waals surface area contributed by atoms with Crippen molar-refractivity contribution in [3.05, 3.63) is 11.1 Å². The van der Waals surface area contributed by atoms with Crippen LogP contribution in [0.15, 0.2) is 11.1 Å². The summed E-state index contributed by atoms with van der Waals surface area (Å²) in [5, 5.41) is 34.3. The second-order valence-electron chi connectivity index (χ2n) is 16.5. The Morgan fingerprint density at radius 2 is 1.64 bits per heavy atom. The quantitative estimate of drug-likeness (QED) is 0.206. The fourth-order valence-electron chi connectivity index (χ4n) is 11.5. The zero-order chi connectivity index (χ0) is 33.1. The number of aliphatic hydroxyl groups excluding tert-OH is 2. The van der Waals surface area contributed by atoms with Gasteiger partial charge in [-0.3, -0.25) is 9.59 Å². The van der Waals surface area contributed by atoms with Gasteiger partial charge < -0.3 is 24.8 Å². The first-order valence-electron chi connectivity index (χ1n) is 17.8. The smallest absolute Gasteiger partial charge is 0.331 e. The normalized spacial score (nSPS) is 44.1. The van der Waals surface area contributed by atoms with E-state index in [1.807, 2.05) is 6.92 Å². The third-order valence-electron chi connectivity index (χ3n) is 13.9. The molecular formula is C37H58O8.